The smallest absolute Gasteiger partial charge is 0.165 e. The van der Waals surface area contributed by atoms with E-state index < -0.39 is 0 Å². The normalized spacial score (nSPS) is 14.7. The molecule has 0 spiro atoms. The van der Waals surface area contributed by atoms with Gasteiger partial charge >= 0.3 is 0 Å². The average Bonchev–Trinajstić information content (AvgIpc) is 3.37. The number of nitrogens with zero attached hydrogens (tertiary/aromatic N) is 9. The number of anilines is 1. The minimum Gasteiger partial charge on any atom is -0.382 e. The third-order valence-electron chi connectivity index (χ3n) is 5.30. The molecular formula is C21H22N10. The number of likely N-dealkylation sites (tertiary alicyclic amines) is 1. The number of aromatic nitrogens is 7. The standard InChI is InChI=1S/C21H22N10/c1-13(2)26-17-5-20(30-12-25-18-4-14(6-22)7-24-21(18)30)23-8-16(17)19-11-31(28-27-19)15-9-29(3)10-15/h4-5,7-8,11-13,15H,9-10H2,1-3H3,(H,23,26). The Labute approximate surface area is 179 Å². The molecular weight excluding hydrogens is 392 g/mol. The van der Waals surface area contributed by atoms with E-state index in [2.05, 4.69) is 62.4 Å². The van der Waals surface area contributed by atoms with Crippen LogP contribution in [0.25, 0.3) is 28.2 Å². The second-order valence-corrected chi connectivity index (χ2v) is 8.14. The summed E-state index contributed by atoms with van der Waals surface area (Å²) in [4.78, 5) is 15.7. The molecule has 0 amide bonds. The molecule has 1 N–H and O–H groups in total. The summed E-state index contributed by atoms with van der Waals surface area (Å²) in [6, 6.07) is 6.36. The van der Waals surface area contributed by atoms with Crippen molar-refractivity contribution < 1.29 is 0 Å². The highest BCUT2D eigenvalue weighted by molar-refractivity contribution is 5.78. The minimum atomic E-state index is 0.222. The number of hydrogen-bond donors (Lipinski definition) is 1. The highest BCUT2D eigenvalue weighted by Gasteiger charge is 2.26. The maximum atomic E-state index is 9.09. The SMILES string of the molecule is CC(C)Nc1cc(-n2cnc3cc(C#N)cnc32)ncc1-c1cn(C2CN(C)C2)nn1. The van der Waals surface area contributed by atoms with Crippen LogP contribution in [-0.4, -0.2) is 65.6 Å². The molecule has 31 heavy (non-hydrogen) atoms. The predicted molar refractivity (Wildman–Crippen MR) is 116 cm³/mol. The van der Waals surface area contributed by atoms with Crippen LogP contribution in [0.1, 0.15) is 25.5 Å². The Morgan fingerprint density at radius 1 is 1.16 bits per heavy atom. The Hall–Kier alpha value is -3.84. The topological polar surface area (TPSA) is 113 Å². The van der Waals surface area contributed by atoms with Gasteiger partial charge in [0, 0.05) is 48.8 Å². The van der Waals surface area contributed by atoms with Crippen molar-refractivity contribution >= 4 is 16.9 Å². The summed E-state index contributed by atoms with van der Waals surface area (Å²) in [5, 5.41) is 21.3. The monoisotopic (exact) mass is 414 g/mol. The third-order valence-corrected chi connectivity index (χ3v) is 5.30. The van der Waals surface area contributed by atoms with Crippen molar-refractivity contribution in [2.24, 2.45) is 0 Å². The fourth-order valence-corrected chi connectivity index (χ4v) is 3.75. The second-order valence-electron chi connectivity index (χ2n) is 8.14. The van der Waals surface area contributed by atoms with Crippen molar-refractivity contribution in [3.05, 3.63) is 42.6 Å². The van der Waals surface area contributed by atoms with Crippen LogP contribution < -0.4 is 5.32 Å². The van der Waals surface area contributed by atoms with Crippen LogP contribution in [0.5, 0.6) is 0 Å². The molecule has 1 fully saturated rings. The van der Waals surface area contributed by atoms with Gasteiger partial charge in [-0.05, 0) is 27.0 Å². The lowest BCUT2D eigenvalue weighted by Crippen LogP contribution is -2.45. The van der Waals surface area contributed by atoms with Gasteiger partial charge in [0.2, 0.25) is 0 Å². The van der Waals surface area contributed by atoms with Crippen molar-refractivity contribution in [3.63, 3.8) is 0 Å². The van der Waals surface area contributed by atoms with Gasteiger partial charge in [0.05, 0.1) is 17.8 Å². The molecule has 4 aromatic heterocycles. The Bertz CT molecular complexity index is 1290. The lowest BCUT2D eigenvalue weighted by Gasteiger charge is -2.35. The van der Waals surface area contributed by atoms with Crippen molar-refractivity contribution in [2.75, 3.05) is 25.5 Å². The van der Waals surface area contributed by atoms with Crippen molar-refractivity contribution in [1.29, 1.82) is 5.26 Å². The summed E-state index contributed by atoms with van der Waals surface area (Å²) in [6.07, 6.45) is 7.00. The first-order chi connectivity index (χ1) is 15.0. The maximum absolute atomic E-state index is 9.09. The number of likely N-dealkylation sites (N-methyl/N-ethyl adjacent to an activating group) is 1. The van der Waals surface area contributed by atoms with E-state index in [0.717, 1.165) is 30.0 Å². The lowest BCUT2D eigenvalue weighted by atomic mass is 10.1. The minimum absolute atomic E-state index is 0.222. The third kappa shape index (κ3) is 3.49. The predicted octanol–water partition coefficient (Wildman–Crippen LogP) is 2.25. The zero-order chi connectivity index (χ0) is 21.5. The molecule has 1 saturated heterocycles. The molecule has 0 aromatic carbocycles. The molecule has 1 aliphatic rings. The fraction of sp³-hybridized carbons (Fsp3) is 0.333. The number of rotatable bonds is 5. The van der Waals surface area contributed by atoms with Gasteiger partial charge in [-0.25, -0.2) is 19.6 Å². The lowest BCUT2D eigenvalue weighted by molar-refractivity contribution is 0.129. The first kappa shape index (κ1) is 19.1. The van der Waals surface area contributed by atoms with Crippen molar-refractivity contribution in [3.8, 4) is 23.1 Å². The Balaban J connectivity index is 1.54. The molecule has 156 valence electrons. The quantitative estimate of drug-likeness (QED) is 0.529. The van der Waals surface area contributed by atoms with Gasteiger partial charge in [-0.3, -0.25) is 4.57 Å². The van der Waals surface area contributed by atoms with Gasteiger partial charge in [-0.1, -0.05) is 5.21 Å². The van der Waals surface area contributed by atoms with Crippen LogP contribution >= 0.6 is 0 Å². The molecule has 4 aromatic rings. The molecule has 1 aliphatic heterocycles. The molecule has 0 radical (unpaired) electrons. The maximum Gasteiger partial charge on any atom is 0.165 e. The van der Waals surface area contributed by atoms with E-state index in [-0.39, 0.29) is 6.04 Å². The Kier molecular flexibility index (Phi) is 4.60. The number of nitrogens with one attached hydrogen (secondary N) is 1. The molecule has 5 rings (SSSR count). The highest BCUT2D eigenvalue weighted by Crippen LogP contribution is 2.30. The summed E-state index contributed by atoms with van der Waals surface area (Å²) >= 11 is 0. The van der Waals surface area contributed by atoms with Crippen molar-refractivity contribution in [2.45, 2.75) is 25.9 Å². The first-order valence-corrected chi connectivity index (χ1v) is 10.1. The van der Waals surface area contributed by atoms with E-state index in [9.17, 15) is 0 Å². The summed E-state index contributed by atoms with van der Waals surface area (Å²) in [5.74, 6) is 0.680. The average molecular weight is 414 g/mol. The molecule has 0 atom stereocenters. The summed E-state index contributed by atoms with van der Waals surface area (Å²) in [5.41, 5.74) is 4.35. The number of nitriles is 1. The van der Waals surface area contributed by atoms with E-state index in [4.69, 9.17) is 5.26 Å². The van der Waals surface area contributed by atoms with E-state index >= 15 is 0 Å². The highest BCUT2D eigenvalue weighted by atomic mass is 15.5. The largest absolute Gasteiger partial charge is 0.382 e. The molecule has 0 bridgehead atoms. The van der Waals surface area contributed by atoms with E-state index in [1.54, 1.807) is 24.8 Å². The van der Waals surface area contributed by atoms with Crippen LogP contribution in [0.15, 0.2) is 37.1 Å². The van der Waals surface area contributed by atoms with Gasteiger partial charge in [-0.15, -0.1) is 5.10 Å². The van der Waals surface area contributed by atoms with Gasteiger partial charge in [-0.2, -0.15) is 5.26 Å². The molecule has 10 heteroatoms. The van der Waals surface area contributed by atoms with E-state index in [1.807, 2.05) is 21.5 Å². The summed E-state index contributed by atoms with van der Waals surface area (Å²) in [6.45, 7) is 6.13. The number of imidazole rings is 1. The zero-order valence-corrected chi connectivity index (χ0v) is 17.6. The molecule has 0 aliphatic carbocycles. The molecule has 10 nitrogen and oxygen atoms in total. The number of pyridine rings is 2. The fourth-order valence-electron chi connectivity index (χ4n) is 3.75. The first-order valence-electron chi connectivity index (χ1n) is 10.1. The summed E-state index contributed by atoms with van der Waals surface area (Å²) < 4.78 is 3.75. The van der Waals surface area contributed by atoms with Crippen LogP contribution in [0.3, 0.4) is 0 Å². The van der Waals surface area contributed by atoms with Crippen LogP contribution in [0, 0.1) is 11.3 Å². The van der Waals surface area contributed by atoms with Gasteiger partial charge in [0.25, 0.3) is 0 Å². The Morgan fingerprint density at radius 3 is 2.74 bits per heavy atom. The molecule has 0 saturated carbocycles. The van der Waals surface area contributed by atoms with Gasteiger partial charge in [0.1, 0.15) is 29.4 Å². The van der Waals surface area contributed by atoms with Crippen LogP contribution in [0.2, 0.25) is 0 Å². The van der Waals surface area contributed by atoms with E-state index in [1.165, 1.54) is 0 Å². The van der Waals surface area contributed by atoms with Crippen molar-refractivity contribution in [1.82, 2.24) is 39.4 Å². The number of fused-ring (bicyclic) bond motifs is 1. The van der Waals surface area contributed by atoms with Crippen LogP contribution in [-0.2, 0) is 0 Å². The van der Waals surface area contributed by atoms with E-state index in [0.29, 0.717) is 28.6 Å². The zero-order valence-electron chi connectivity index (χ0n) is 17.6. The second kappa shape index (κ2) is 7.45. The number of hydrogen-bond acceptors (Lipinski definition) is 8. The summed E-state index contributed by atoms with van der Waals surface area (Å²) in [7, 11) is 2.09. The Morgan fingerprint density at radius 2 is 2.00 bits per heavy atom. The van der Waals surface area contributed by atoms with Gasteiger partial charge < -0.3 is 10.2 Å². The van der Waals surface area contributed by atoms with Crippen LogP contribution in [0.4, 0.5) is 5.69 Å². The molecule has 0 unspecified atom stereocenters. The molecule has 5 heterocycles. The van der Waals surface area contributed by atoms with Gasteiger partial charge in [0.15, 0.2) is 5.65 Å².